The molecule has 0 aliphatic carbocycles. The van der Waals surface area contributed by atoms with E-state index in [0.717, 1.165) is 49.3 Å². The Hall–Kier alpha value is -5.79. The van der Waals surface area contributed by atoms with Crippen molar-refractivity contribution in [2.24, 2.45) is 0 Å². The molecule has 2 amide bonds. The summed E-state index contributed by atoms with van der Waals surface area (Å²) < 4.78 is 60.3. The Balaban J connectivity index is 1.13. The van der Waals surface area contributed by atoms with Gasteiger partial charge in [-0.3, -0.25) is 14.5 Å². The first-order valence-corrected chi connectivity index (χ1v) is 20.1. The van der Waals surface area contributed by atoms with E-state index in [4.69, 9.17) is 14.2 Å². The van der Waals surface area contributed by atoms with E-state index in [-0.39, 0.29) is 36.9 Å². The molecule has 1 saturated heterocycles. The van der Waals surface area contributed by atoms with Crippen LogP contribution in [-0.4, -0.2) is 77.0 Å². The van der Waals surface area contributed by atoms with Crippen molar-refractivity contribution in [1.29, 1.82) is 0 Å². The molecule has 0 bridgehead atoms. The number of morpholine rings is 1. The van der Waals surface area contributed by atoms with Crippen molar-refractivity contribution in [2.45, 2.75) is 64.5 Å². The number of carbonyl (C=O) groups excluding carboxylic acids is 2. The van der Waals surface area contributed by atoms with Crippen molar-refractivity contribution in [2.75, 3.05) is 44.5 Å². The standard InChI is InChI=1S/C46H45F3N4O6/c1-29-20-33(46(47,48)49)10-9-31(29)25-52(34-11-13-36(54)14-12-34)45(56)39-22-41(51-15-5-4-8-40(39)51)37-23-42-43(59-28-58-42)24-38(37)44(55)53-26-32-7-3-2-6-30(32)21-35(53)27-50-16-18-57-19-17-50/h2-3,6-7,9-14,20,22-24,35,54H,4-5,8,15-19,21,25-28H2,1H3/t35-/m0/s1. The first kappa shape index (κ1) is 38.7. The highest BCUT2D eigenvalue weighted by Crippen LogP contribution is 2.43. The fraction of sp³-hybridized carbons (Fsp3) is 0.348. The second kappa shape index (κ2) is 15.8. The highest BCUT2D eigenvalue weighted by Gasteiger charge is 2.36. The van der Waals surface area contributed by atoms with Gasteiger partial charge in [0.25, 0.3) is 11.8 Å². The minimum atomic E-state index is -4.51. The van der Waals surface area contributed by atoms with Crippen LogP contribution in [0, 0.1) is 6.92 Å². The highest BCUT2D eigenvalue weighted by molar-refractivity contribution is 6.09. The molecule has 0 spiro atoms. The second-order valence-corrected chi connectivity index (χ2v) is 15.8. The summed E-state index contributed by atoms with van der Waals surface area (Å²) in [6, 6.07) is 23.4. The summed E-state index contributed by atoms with van der Waals surface area (Å²) in [6.07, 6.45) is -1.46. The van der Waals surface area contributed by atoms with Gasteiger partial charge in [0.15, 0.2) is 11.5 Å². The molecule has 9 rings (SSSR count). The minimum absolute atomic E-state index is 0.0116. The lowest BCUT2D eigenvalue weighted by Crippen LogP contribution is -2.52. The molecule has 1 fully saturated rings. The highest BCUT2D eigenvalue weighted by atomic mass is 19.4. The van der Waals surface area contributed by atoms with Gasteiger partial charge in [0.05, 0.1) is 36.4 Å². The van der Waals surface area contributed by atoms with E-state index in [2.05, 4.69) is 21.6 Å². The summed E-state index contributed by atoms with van der Waals surface area (Å²) in [6.45, 7) is 6.26. The van der Waals surface area contributed by atoms with Gasteiger partial charge in [0.1, 0.15) is 5.75 Å². The number of phenols is 1. The monoisotopic (exact) mass is 806 g/mol. The van der Waals surface area contributed by atoms with Crippen molar-refractivity contribution >= 4 is 17.5 Å². The fourth-order valence-electron chi connectivity index (χ4n) is 8.92. The zero-order valence-electron chi connectivity index (χ0n) is 32.8. The number of aryl methyl sites for hydroxylation is 1. The number of aromatic hydroxyl groups is 1. The number of amides is 2. The fourth-order valence-corrected chi connectivity index (χ4v) is 8.92. The number of phenolic OH excluding ortho intramolecular Hbond substituents is 1. The Morgan fingerprint density at radius 3 is 2.36 bits per heavy atom. The smallest absolute Gasteiger partial charge is 0.416 e. The van der Waals surface area contributed by atoms with Crippen LogP contribution in [-0.2, 0) is 43.4 Å². The molecule has 4 aliphatic heterocycles. The maximum absolute atomic E-state index is 15.2. The number of benzene rings is 4. The summed E-state index contributed by atoms with van der Waals surface area (Å²) in [5, 5.41) is 10.1. The molecule has 0 unspecified atom stereocenters. The predicted octanol–water partition coefficient (Wildman–Crippen LogP) is 8.00. The summed E-state index contributed by atoms with van der Waals surface area (Å²) >= 11 is 0. The molecule has 0 saturated carbocycles. The second-order valence-electron chi connectivity index (χ2n) is 15.8. The zero-order valence-corrected chi connectivity index (χ0v) is 32.8. The van der Waals surface area contributed by atoms with Crippen LogP contribution in [0.5, 0.6) is 17.2 Å². The van der Waals surface area contributed by atoms with Crippen molar-refractivity contribution in [3.8, 4) is 28.5 Å². The van der Waals surface area contributed by atoms with Crippen molar-refractivity contribution < 1.29 is 42.1 Å². The molecule has 5 heterocycles. The molecule has 4 aromatic carbocycles. The van der Waals surface area contributed by atoms with E-state index in [0.29, 0.717) is 96.4 Å². The van der Waals surface area contributed by atoms with Gasteiger partial charge < -0.3 is 33.7 Å². The first-order chi connectivity index (χ1) is 28.5. The number of rotatable bonds is 8. The maximum atomic E-state index is 15.2. The average molecular weight is 807 g/mol. The van der Waals surface area contributed by atoms with Crippen LogP contribution in [0.25, 0.3) is 11.3 Å². The number of carbonyl (C=O) groups is 2. The van der Waals surface area contributed by atoms with Crippen LogP contribution in [0.4, 0.5) is 18.9 Å². The topological polar surface area (TPSA) is 96.7 Å². The molecule has 1 N–H and O–H groups in total. The average Bonchev–Trinajstić information content (AvgIpc) is 3.87. The maximum Gasteiger partial charge on any atom is 0.416 e. The molecule has 1 atom stereocenters. The number of hydrogen-bond donors (Lipinski definition) is 1. The number of halogens is 3. The molecule has 4 aliphatic rings. The minimum Gasteiger partial charge on any atom is -0.508 e. The van der Waals surface area contributed by atoms with Gasteiger partial charge in [-0.15, -0.1) is 0 Å². The van der Waals surface area contributed by atoms with Crippen LogP contribution < -0.4 is 14.4 Å². The normalized spacial score (nSPS) is 17.7. The molecule has 5 aromatic rings. The largest absolute Gasteiger partial charge is 0.508 e. The molecular formula is C46H45F3N4O6. The summed E-state index contributed by atoms with van der Waals surface area (Å²) in [7, 11) is 0. The van der Waals surface area contributed by atoms with Gasteiger partial charge in [-0.25, -0.2) is 0 Å². The summed E-state index contributed by atoms with van der Waals surface area (Å²) in [5.74, 6) is 0.506. The van der Waals surface area contributed by atoms with Crippen molar-refractivity contribution in [3.05, 3.63) is 130 Å². The molecule has 0 radical (unpaired) electrons. The van der Waals surface area contributed by atoms with E-state index in [9.17, 15) is 18.3 Å². The quantitative estimate of drug-likeness (QED) is 0.170. The molecule has 1 aromatic heterocycles. The van der Waals surface area contributed by atoms with Crippen LogP contribution in [0.2, 0.25) is 0 Å². The molecule has 13 heteroatoms. The van der Waals surface area contributed by atoms with Gasteiger partial charge in [-0.2, -0.15) is 13.2 Å². The molecule has 59 heavy (non-hydrogen) atoms. The van der Waals surface area contributed by atoms with E-state index in [1.807, 2.05) is 29.2 Å². The van der Waals surface area contributed by atoms with E-state index in [1.54, 1.807) is 25.1 Å². The Morgan fingerprint density at radius 1 is 0.864 bits per heavy atom. The SMILES string of the molecule is Cc1cc(C(F)(F)F)ccc1CN(C(=O)c1cc(-c2cc3c(cc2C(=O)N2Cc4ccccc4C[C@H]2CN2CCOCC2)OCO3)n2c1CCCC2)c1ccc(O)cc1. The Bertz CT molecular complexity index is 2410. The van der Waals surface area contributed by atoms with Gasteiger partial charge in [-0.1, -0.05) is 30.3 Å². The number of alkyl halides is 3. The van der Waals surface area contributed by atoms with Gasteiger partial charge in [0, 0.05) is 61.4 Å². The number of aromatic nitrogens is 1. The van der Waals surface area contributed by atoms with Crippen molar-refractivity contribution in [1.82, 2.24) is 14.4 Å². The number of fused-ring (bicyclic) bond motifs is 3. The van der Waals surface area contributed by atoms with Crippen LogP contribution in [0.1, 0.15) is 67.1 Å². The Labute approximate surface area is 340 Å². The lowest BCUT2D eigenvalue weighted by molar-refractivity contribution is -0.137. The number of ether oxygens (including phenoxy) is 3. The van der Waals surface area contributed by atoms with Gasteiger partial charge >= 0.3 is 6.18 Å². The number of anilines is 1. The predicted molar refractivity (Wildman–Crippen MR) is 215 cm³/mol. The van der Waals surface area contributed by atoms with E-state index in [1.165, 1.54) is 28.7 Å². The Kier molecular flexibility index (Phi) is 10.3. The third-order valence-corrected chi connectivity index (χ3v) is 12.1. The van der Waals surface area contributed by atoms with Crippen LogP contribution in [0.3, 0.4) is 0 Å². The zero-order chi connectivity index (χ0) is 40.8. The van der Waals surface area contributed by atoms with E-state index >= 15 is 9.59 Å². The van der Waals surface area contributed by atoms with Crippen LogP contribution >= 0.6 is 0 Å². The lowest BCUT2D eigenvalue weighted by Gasteiger charge is -2.40. The summed E-state index contributed by atoms with van der Waals surface area (Å²) in [4.78, 5) is 36.1. The number of hydrogen-bond acceptors (Lipinski definition) is 7. The molecular weight excluding hydrogens is 762 g/mol. The summed E-state index contributed by atoms with van der Waals surface area (Å²) in [5.41, 5.74) is 6.01. The molecule has 10 nitrogen and oxygen atoms in total. The van der Waals surface area contributed by atoms with Gasteiger partial charge in [0.2, 0.25) is 6.79 Å². The Morgan fingerprint density at radius 2 is 1.61 bits per heavy atom. The number of nitrogens with zero attached hydrogens (tertiary/aromatic N) is 4. The van der Waals surface area contributed by atoms with E-state index < -0.39 is 11.7 Å². The lowest BCUT2D eigenvalue weighted by atomic mass is 9.92. The van der Waals surface area contributed by atoms with Gasteiger partial charge in [-0.05, 0) is 109 Å². The third kappa shape index (κ3) is 7.65. The third-order valence-electron chi connectivity index (χ3n) is 12.1. The van der Waals surface area contributed by atoms with Crippen LogP contribution in [0.15, 0.2) is 84.9 Å². The first-order valence-electron chi connectivity index (χ1n) is 20.1. The molecule has 306 valence electrons. The van der Waals surface area contributed by atoms with Crippen molar-refractivity contribution in [3.63, 3.8) is 0 Å².